The average Bonchev–Trinajstić information content (AvgIpc) is 3.56. The number of ether oxygens (including phenoxy) is 6. The number of aliphatic hydroxyl groups excluding tert-OH is 7. The maximum absolute atomic E-state index is 11.3. The zero-order chi connectivity index (χ0) is 37.1. The number of allylic oxidation sites excluding steroid dienone is 1. The highest BCUT2D eigenvalue weighted by molar-refractivity contribution is 5.29. The van der Waals surface area contributed by atoms with E-state index >= 15 is 0 Å². The highest BCUT2D eigenvalue weighted by atomic mass is 16.8. The Morgan fingerprint density at radius 3 is 2.31 bits per heavy atom. The van der Waals surface area contributed by atoms with Crippen molar-refractivity contribution in [3.05, 3.63) is 11.6 Å². The van der Waals surface area contributed by atoms with Crippen LogP contribution < -0.4 is 0 Å². The molecule has 1 spiro atoms. The number of hydrogen-bond donors (Lipinski definition) is 7. The number of fused-ring (bicyclic) bond motifs is 7. The van der Waals surface area contributed by atoms with Gasteiger partial charge in [0.1, 0.15) is 42.7 Å². The Balaban J connectivity index is 1.06. The van der Waals surface area contributed by atoms with Crippen LogP contribution in [0.3, 0.4) is 0 Å². The molecule has 3 saturated carbocycles. The van der Waals surface area contributed by atoms with Crippen LogP contribution in [0.25, 0.3) is 0 Å². The molecule has 4 heterocycles. The second-order valence-electron chi connectivity index (χ2n) is 18.3. The molecule has 4 saturated heterocycles. The molecule has 0 bridgehead atoms. The summed E-state index contributed by atoms with van der Waals surface area (Å²) in [5.74, 6) is 1.86. The van der Waals surface area contributed by atoms with E-state index in [1.165, 1.54) is 6.92 Å². The molecule has 0 unspecified atom stereocenters. The molecule has 0 aromatic rings. The molecule has 7 N–H and O–H groups in total. The van der Waals surface area contributed by atoms with Crippen molar-refractivity contribution in [2.24, 2.45) is 46.3 Å². The zero-order valence-electron chi connectivity index (χ0n) is 31.2. The number of hydrogen-bond acceptors (Lipinski definition) is 13. The van der Waals surface area contributed by atoms with Gasteiger partial charge < -0.3 is 64.2 Å². The summed E-state index contributed by atoms with van der Waals surface area (Å²) in [7, 11) is 0. The number of rotatable bonds is 5. The summed E-state index contributed by atoms with van der Waals surface area (Å²) in [5.41, 5.74) is 0.762. The summed E-state index contributed by atoms with van der Waals surface area (Å²) in [6.45, 7) is 11.0. The first kappa shape index (κ1) is 38.1. The van der Waals surface area contributed by atoms with Gasteiger partial charge in [-0.05, 0) is 80.5 Å². The van der Waals surface area contributed by atoms with E-state index in [-0.39, 0.29) is 17.4 Å². The third-order valence-corrected chi connectivity index (χ3v) is 15.6. The van der Waals surface area contributed by atoms with E-state index in [9.17, 15) is 35.7 Å². The second-order valence-corrected chi connectivity index (χ2v) is 18.3. The first-order valence-corrected chi connectivity index (χ1v) is 19.9. The third-order valence-electron chi connectivity index (χ3n) is 15.6. The summed E-state index contributed by atoms with van der Waals surface area (Å²) in [6, 6.07) is 0. The average molecular weight is 739 g/mol. The van der Waals surface area contributed by atoms with Crippen molar-refractivity contribution in [3.63, 3.8) is 0 Å². The van der Waals surface area contributed by atoms with E-state index in [4.69, 9.17) is 28.4 Å². The van der Waals surface area contributed by atoms with Crippen molar-refractivity contribution in [1.29, 1.82) is 0 Å². The van der Waals surface area contributed by atoms with Gasteiger partial charge in [0.25, 0.3) is 0 Å². The summed E-state index contributed by atoms with van der Waals surface area (Å²) in [4.78, 5) is 0. The fourth-order valence-electron chi connectivity index (χ4n) is 12.6. The molecule has 296 valence electrons. The summed E-state index contributed by atoms with van der Waals surface area (Å²) in [5, 5.41) is 74.9. The van der Waals surface area contributed by atoms with Crippen LogP contribution in [0.2, 0.25) is 0 Å². The van der Waals surface area contributed by atoms with Gasteiger partial charge in [-0.3, -0.25) is 0 Å². The topological polar surface area (TPSA) is 197 Å². The van der Waals surface area contributed by atoms with Gasteiger partial charge in [0, 0.05) is 24.2 Å². The predicted molar refractivity (Wildman–Crippen MR) is 183 cm³/mol. The van der Waals surface area contributed by atoms with Crippen molar-refractivity contribution < 1.29 is 64.2 Å². The molecule has 4 aliphatic carbocycles. The number of aliphatic hydroxyl groups is 7. The Bertz CT molecular complexity index is 1340. The lowest BCUT2D eigenvalue weighted by Crippen LogP contribution is -2.65. The predicted octanol–water partition coefficient (Wildman–Crippen LogP) is 1.36. The molecular weight excluding hydrogens is 676 g/mol. The van der Waals surface area contributed by atoms with Crippen LogP contribution in [0, 0.1) is 46.3 Å². The minimum atomic E-state index is -1.66. The van der Waals surface area contributed by atoms with E-state index in [0.29, 0.717) is 42.4 Å². The van der Waals surface area contributed by atoms with Gasteiger partial charge in [-0.1, -0.05) is 39.3 Å². The van der Waals surface area contributed by atoms with Crippen LogP contribution in [-0.2, 0) is 28.4 Å². The molecule has 7 fully saturated rings. The third kappa shape index (κ3) is 5.74. The smallest absolute Gasteiger partial charge is 0.187 e. The highest BCUT2D eigenvalue weighted by Gasteiger charge is 2.69. The molecule has 13 nitrogen and oxygen atoms in total. The van der Waals surface area contributed by atoms with Gasteiger partial charge in [0.2, 0.25) is 0 Å². The Labute approximate surface area is 306 Å². The molecule has 22 atom stereocenters. The van der Waals surface area contributed by atoms with Crippen LogP contribution in [0.1, 0.15) is 86.0 Å². The minimum absolute atomic E-state index is 0.101. The Morgan fingerprint density at radius 2 is 1.60 bits per heavy atom. The van der Waals surface area contributed by atoms with Crippen LogP contribution in [0.4, 0.5) is 0 Å². The van der Waals surface area contributed by atoms with Gasteiger partial charge in [-0.25, -0.2) is 0 Å². The Morgan fingerprint density at radius 1 is 0.827 bits per heavy atom. The van der Waals surface area contributed by atoms with E-state index in [1.54, 1.807) is 0 Å². The van der Waals surface area contributed by atoms with Gasteiger partial charge in [-0.2, -0.15) is 0 Å². The first-order chi connectivity index (χ1) is 24.6. The van der Waals surface area contributed by atoms with Crippen LogP contribution in [-0.4, -0.2) is 134 Å². The highest BCUT2D eigenvalue weighted by Crippen LogP contribution is 2.71. The molecule has 0 aromatic heterocycles. The maximum Gasteiger partial charge on any atom is 0.187 e. The minimum Gasteiger partial charge on any atom is -0.394 e. The largest absolute Gasteiger partial charge is 0.394 e. The molecule has 0 radical (unpaired) electrons. The quantitative estimate of drug-likeness (QED) is 0.200. The summed E-state index contributed by atoms with van der Waals surface area (Å²) < 4.78 is 38.2. The molecule has 0 aromatic carbocycles. The molecule has 52 heavy (non-hydrogen) atoms. The van der Waals surface area contributed by atoms with Crippen LogP contribution >= 0.6 is 0 Å². The van der Waals surface area contributed by atoms with Gasteiger partial charge in [0.05, 0.1) is 37.6 Å². The molecule has 0 amide bonds. The normalized spacial score (nSPS) is 58.9. The monoisotopic (exact) mass is 738 g/mol. The SMILES string of the molecule is C[C@@H]1CC[C@@]2(OC1)O[C@H]1C[C@H]3[C@@H]4CC=C5C[C@H](O)C[C@@H](O[C@H]6O[C@@H](CO)[C@H](O)[C@@H](O)[C@H]6O[C@@H]6O[C@@H](C)[C@H](O)[C@@H](O)[C@@H]6O)[C@]5(C)[C@H]4CC[C@]3(C)[C@H]1[C@@H]2C. The van der Waals surface area contributed by atoms with E-state index in [0.717, 1.165) is 50.7 Å². The molecular formula is C39H62O13. The van der Waals surface area contributed by atoms with Crippen molar-refractivity contribution in [1.82, 2.24) is 0 Å². The summed E-state index contributed by atoms with van der Waals surface area (Å²) in [6.07, 6.45) is -5.95. The lowest BCUT2D eigenvalue weighted by Gasteiger charge is -2.60. The van der Waals surface area contributed by atoms with Gasteiger partial charge in [0.15, 0.2) is 18.4 Å². The van der Waals surface area contributed by atoms with Gasteiger partial charge in [-0.15, -0.1) is 0 Å². The van der Waals surface area contributed by atoms with Gasteiger partial charge >= 0.3 is 0 Å². The molecule has 8 aliphatic rings. The van der Waals surface area contributed by atoms with Crippen molar-refractivity contribution in [2.75, 3.05) is 13.2 Å². The fourth-order valence-corrected chi connectivity index (χ4v) is 12.6. The van der Waals surface area contributed by atoms with Crippen molar-refractivity contribution >= 4 is 0 Å². The van der Waals surface area contributed by atoms with Crippen molar-refractivity contribution in [3.8, 4) is 0 Å². The second kappa shape index (κ2) is 13.7. The fraction of sp³-hybridized carbons (Fsp3) is 0.949. The lowest BCUT2D eigenvalue weighted by atomic mass is 9.46. The van der Waals surface area contributed by atoms with E-state index in [1.807, 2.05) is 0 Å². The lowest BCUT2D eigenvalue weighted by molar-refractivity contribution is -0.374. The first-order valence-electron chi connectivity index (χ1n) is 19.9. The Kier molecular flexibility index (Phi) is 10.0. The van der Waals surface area contributed by atoms with E-state index < -0.39 is 91.4 Å². The van der Waals surface area contributed by atoms with Crippen molar-refractivity contribution in [2.45, 2.75) is 171 Å². The standard InChI is InChI=1S/C39H62O13/c1-17-8-11-39(47-16-17)18(2)28-25(52-39)14-24-22-7-6-20-12-21(41)13-27(38(20,5)23(22)9-10-37(24,28)4)50-36-34(32(45)30(43)26(15-40)49-36)51-35-33(46)31(44)29(42)19(3)48-35/h6,17-19,21-36,40-46H,7-16H2,1-5H3/t17-,18+,19+,21+,22-,23+,24+,25+,26+,27-,28+,29+,30+,31-,32-,33+,34-,35+,36-,37+,38+,39-/m1/s1. The zero-order valence-corrected chi connectivity index (χ0v) is 31.2. The molecule has 4 aliphatic heterocycles. The van der Waals surface area contributed by atoms with E-state index in [2.05, 4.69) is 33.8 Å². The molecule has 13 heteroatoms. The molecule has 8 rings (SSSR count). The Hall–Kier alpha value is -0.780. The summed E-state index contributed by atoms with van der Waals surface area (Å²) >= 11 is 0. The maximum atomic E-state index is 11.3. The van der Waals surface area contributed by atoms with Crippen LogP contribution in [0.5, 0.6) is 0 Å². The van der Waals surface area contributed by atoms with Crippen LogP contribution in [0.15, 0.2) is 11.6 Å².